The molecule has 0 saturated carbocycles. The van der Waals surface area contributed by atoms with Gasteiger partial charge in [-0.15, -0.1) is 0 Å². The molecule has 1 aromatic heterocycles. The monoisotopic (exact) mass is 286 g/mol. The Morgan fingerprint density at radius 2 is 1.90 bits per heavy atom. The zero-order valence-electron chi connectivity index (χ0n) is 10.3. The van der Waals surface area contributed by atoms with Crippen LogP contribution in [0, 0.1) is 12.7 Å². The Morgan fingerprint density at radius 3 is 2.50 bits per heavy atom. The number of halogens is 4. The highest BCUT2D eigenvalue weighted by atomic mass is 19.4. The molecular formula is C12H10F4N4. The Morgan fingerprint density at radius 1 is 1.20 bits per heavy atom. The molecule has 3 N–H and O–H groups in total. The standard InChI is InChI=1S/C12H10F4N4/c1-6-9(13)11(20-17)19-10(18-6)7-3-2-4-8(5-7)12(14,15)16/h2-5H,17H2,1H3,(H,18,19,20). The lowest BCUT2D eigenvalue weighted by molar-refractivity contribution is -0.137. The molecule has 0 aliphatic rings. The van der Waals surface area contributed by atoms with Crippen LogP contribution < -0.4 is 11.3 Å². The van der Waals surface area contributed by atoms with E-state index in [4.69, 9.17) is 5.84 Å². The van der Waals surface area contributed by atoms with E-state index in [1.807, 2.05) is 5.43 Å². The van der Waals surface area contributed by atoms with Crippen LogP contribution in [0.4, 0.5) is 23.4 Å². The zero-order valence-corrected chi connectivity index (χ0v) is 10.3. The van der Waals surface area contributed by atoms with Crippen LogP contribution in [-0.2, 0) is 6.18 Å². The Hall–Kier alpha value is -2.22. The largest absolute Gasteiger partial charge is 0.416 e. The van der Waals surface area contributed by atoms with Crippen LogP contribution in [0.25, 0.3) is 11.4 Å². The molecule has 0 amide bonds. The van der Waals surface area contributed by atoms with Gasteiger partial charge in [0.25, 0.3) is 0 Å². The van der Waals surface area contributed by atoms with E-state index in [-0.39, 0.29) is 22.9 Å². The summed E-state index contributed by atoms with van der Waals surface area (Å²) in [6.07, 6.45) is -4.47. The molecule has 106 valence electrons. The Bertz CT molecular complexity index is 640. The molecule has 20 heavy (non-hydrogen) atoms. The van der Waals surface area contributed by atoms with Gasteiger partial charge in [-0.05, 0) is 19.1 Å². The van der Waals surface area contributed by atoms with Crippen molar-refractivity contribution in [3.05, 3.63) is 41.3 Å². The van der Waals surface area contributed by atoms with Crippen molar-refractivity contribution in [1.29, 1.82) is 0 Å². The molecule has 0 atom stereocenters. The van der Waals surface area contributed by atoms with E-state index in [0.717, 1.165) is 12.1 Å². The average Bonchev–Trinajstić information content (AvgIpc) is 2.41. The number of aryl methyl sites for hydroxylation is 1. The highest BCUT2D eigenvalue weighted by Crippen LogP contribution is 2.31. The first-order valence-corrected chi connectivity index (χ1v) is 5.51. The summed E-state index contributed by atoms with van der Waals surface area (Å²) in [5.41, 5.74) is 1.32. The summed E-state index contributed by atoms with van der Waals surface area (Å²) < 4.78 is 51.4. The number of nitrogen functional groups attached to an aromatic ring is 1. The Balaban J connectivity index is 2.55. The highest BCUT2D eigenvalue weighted by molar-refractivity contribution is 5.59. The molecule has 0 aliphatic carbocycles. The van der Waals surface area contributed by atoms with E-state index in [1.54, 1.807) is 0 Å². The van der Waals surface area contributed by atoms with Crippen molar-refractivity contribution in [3.63, 3.8) is 0 Å². The van der Waals surface area contributed by atoms with Crippen LogP contribution in [0.3, 0.4) is 0 Å². The minimum Gasteiger partial charge on any atom is -0.306 e. The van der Waals surface area contributed by atoms with E-state index in [2.05, 4.69) is 9.97 Å². The van der Waals surface area contributed by atoms with Gasteiger partial charge < -0.3 is 5.43 Å². The number of alkyl halides is 3. The fourth-order valence-electron chi connectivity index (χ4n) is 1.62. The number of hydrogen-bond donors (Lipinski definition) is 2. The van der Waals surface area contributed by atoms with Gasteiger partial charge in [0, 0.05) is 5.56 Å². The Kier molecular flexibility index (Phi) is 3.58. The fraction of sp³-hybridized carbons (Fsp3) is 0.167. The minimum absolute atomic E-state index is 0.0136. The number of nitrogens with two attached hydrogens (primary N) is 1. The average molecular weight is 286 g/mol. The SMILES string of the molecule is Cc1nc(-c2cccc(C(F)(F)F)c2)nc(NN)c1F. The topological polar surface area (TPSA) is 63.8 Å². The zero-order chi connectivity index (χ0) is 14.9. The fourth-order valence-corrected chi connectivity index (χ4v) is 1.62. The van der Waals surface area contributed by atoms with Gasteiger partial charge in [0.2, 0.25) is 0 Å². The predicted molar refractivity (Wildman–Crippen MR) is 65.0 cm³/mol. The molecule has 1 heterocycles. The number of rotatable bonds is 2. The molecule has 0 radical (unpaired) electrons. The molecule has 2 rings (SSSR count). The second kappa shape index (κ2) is 5.04. The van der Waals surface area contributed by atoms with E-state index in [9.17, 15) is 17.6 Å². The second-order valence-corrected chi connectivity index (χ2v) is 4.02. The lowest BCUT2D eigenvalue weighted by Gasteiger charge is -2.10. The van der Waals surface area contributed by atoms with Gasteiger partial charge in [0.05, 0.1) is 11.3 Å². The number of hydrazine groups is 1. The first kappa shape index (κ1) is 14.2. The van der Waals surface area contributed by atoms with Crippen molar-refractivity contribution < 1.29 is 17.6 Å². The third-order valence-electron chi connectivity index (χ3n) is 2.60. The van der Waals surface area contributed by atoms with Crippen molar-refractivity contribution in [1.82, 2.24) is 9.97 Å². The molecule has 0 bridgehead atoms. The van der Waals surface area contributed by atoms with Gasteiger partial charge in [0.15, 0.2) is 17.5 Å². The molecule has 0 aliphatic heterocycles. The van der Waals surface area contributed by atoms with Gasteiger partial charge >= 0.3 is 6.18 Å². The first-order chi connectivity index (χ1) is 9.32. The summed E-state index contributed by atoms with van der Waals surface area (Å²) in [5.74, 6) is 4.05. The Labute approximate surface area is 111 Å². The van der Waals surface area contributed by atoms with Gasteiger partial charge in [-0.3, -0.25) is 0 Å². The maximum Gasteiger partial charge on any atom is 0.416 e. The molecule has 2 aromatic rings. The van der Waals surface area contributed by atoms with Crippen LogP contribution in [0.2, 0.25) is 0 Å². The first-order valence-electron chi connectivity index (χ1n) is 5.51. The van der Waals surface area contributed by atoms with Crippen molar-refractivity contribution in [2.75, 3.05) is 5.43 Å². The molecule has 8 heteroatoms. The van der Waals surface area contributed by atoms with Gasteiger partial charge in [-0.25, -0.2) is 20.2 Å². The summed E-state index contributed by atoms with van der Waals surface area (Å²) in [6, 6.07) is 4.47. The van der Waals surface area contributed by atoms with E-state index in [0.29, 0.717) is 0 Å². The number of anilines is 1. The van der Waals surface area contributed by atoms with Gasteiger partial charge in [-0.1, -0.05) is 12.1 Å². The predicted octanol–water partition coefficient (Wildman–Crippen LogP) is 2.90. The third-order valence-corrected chi connectivity index (χ3v) is 2.60. The number of benzene rings is 1. The van der Waals surface area contributed by atoms with Crippen LogP contribution in [0.1, 0.15) is 11.3 Å². The van der Waals surface area contributed by atoms with E-state index < -0.39 is 17.6 Å². The number of nitrogens with one attached hydrogen (secondary N) is 1. The number of hydrogen-bond acceptors (Lipinski definition) is 4. The minimum atomic E-state index is -4.47. The summed E-state index contributed by atoms with van der Waals surface area (Å²) in [5, 5.41) is 0. The van der Waals surface area contributed by atoms with Gasteiger partial charge in [-0.2, -0.15) is 13.2 Å². The molecule has 0 unspecified atom stereocenters. The van der Waals surface area contributed by atoms with Gasteiger partial charge in [0.1, 0.15) is 0 Å². The van der Waals surface area contributed by atoms with Crippen LogP contribution >= 0.6 is 0 Å². The van der Waals surface area contributed by atoms with Crippen molar-refractivity contribution in [3.8, 4) is 11.4 Å². The van der Waals surface area contributed by atoms with Crippen molar-refractivity contribution in [2.45, 2.75) is 13.1 Å². The molecule has 0 saturated heterocycles. The normalized spacial score (nSPS) is 11.5. The maximum absolute atomic E-state index is 13.5. The summed E-state index contributed by atoms with van der Waals surface area (Å²) in [6.45, 7) is 1.37. The molecule has 0 spiro atoms. The van der Waals surface area contributed by atoms with E-state index >= 15 is 0 Å². The molecule has 1 aromatic carbocycles. The quantitative estimate of drug-likeness (QED) is 0.506. The second-order valence-electron chi connectivity index (χ2n) is 4.02. The third kappa shape index (κ3) is 2.69. The smallest absolute Gasteiger partial charge is 0.306 e. The van der Waals surface area contributed by atoms with Crippen molar-refractivity contribution in [2.24, 2.45) is 5.84 Å². The number of aromatic nitrogens is 2. The maximum atomic E-state index is 13.5. The summed E-state index contributed by atoms with van der Waals surface area (Å²) >= 11 is 0. The van der Waals surface area contributed by atoms with Crippen LogP contribution in [0.15, 0.2) is 24.3 Å². The van der Waals surface area contributed by atoms with Crippen LogP contribution in [0.5, 0.6) is 0 Å². The summed E-state index contributed by atoms with van der Waals surface area (Å²) in [7, 11) is 0. The molecule has 0 fully saturated rings. The lowest BCUT2D eigenvalue weighted by atomic mass is 10.1. The highest BCUT2D eigenvalue weighted by Gasteiger charge is 2.30. The summed E-state index contributed by atoms with van der Waals surface area (Å²) in [4.78, 5) is 7.58. The van der Waals surface area contributed by atoms with Crippen molar-refractivity contribution >= 4 is 5.82 Å². The van der Waals surface area contributed by atoms with E-state index in [1.165, 1.54) is 19.1 Å². The molecule has 4 nitrogen and oxygen atoms in total. The number of nitrogens with zero attached hydrogens (tertiary/aromatic N) is 2. The molecular weight excluding hydrogens is 276 g/mol. The van der Waals surface area contributed by atoms with Crippen LogP contribution in [-0.4, -0.2) is 9.97 Å². The lowest BCUT2D eigenvalue weighted by Crippen LogP contribution is -2.13.